The molecule has 0 aromatic heterocycles. The molecule has 1 fully saturated rings. The van der Waals surface area contributed by atoms with E-state index < -0.39 is 23.9 Å². The molecule has 1 heterocycles. The van der Waals surface area contributed by atoms with Gasteiger partial charge in [0.2, 0.25) is 5.91 Å². The highest BCUT2D eigenvalue weighted by Gasteiger charge is 2.30. The maximum Gasteiger partial charge on any atom is 0.416 e. The molecule has 0 aliphatic carbocycles. The summed E-state index contributed by atoms with van der Waals surface area (Å²) in [4.78, 5) is 25.6. The van der Waals surface area contributed by atoms with Crippen molar-refractivity contribution in [1.82, 2.24) is 10.2 Å². The van der Waals surface area contributed by atoms with Crippen molar-refractivity contribution in [1.29, 1.82) is 0 Å². The van der Waals surface area contributed by atoms with Crippen LogP contribution >= 0.6 is 0 Å². The second-order valence-electron chi connectivity index (χ2n) is 7.36. The van der Waals surface area contributed by atoms with Gasteiger partial charge in [0.15, 0.2) is 0 Å². The average molecular weight is 420 g/mol. The highest BCUT2D eigenvalue weighted by atomic mass is 19.4. The molecule has 160 valence electrons. The van der Waals surface area contributed by atoms with Gasteiger partial charge in [-0.15, -0.1) is 0 Å². The van der Waals surface area contributed by atoms with Crippen molar-refractivity contribution in [3.8, 4) is 11.1 Å². The number of carbonyl (C=O) groups excluding carboxylic acids is 1. The summed E-state index contributed by atoms with van der Waals surface area (Å²) in [6.07, 6.45) is -2.55. The van der Waals surface area contributed by atoms with E-state index in [1.54, 1.807) is 29.2 Å². The first-order chi connectivity index (χ1) is 14.2. The van der Waals surface area contributed by atoms with Gasteiger partial charge in [-0.2, -0.15) is 13.2 Å². The Morgan fingerprint density at radius 1 is 0.933 bits per heavy atom. The fourth-order valence-electron chi connectivity index (χ4n) is 3.60. The number of amides is 2. The number of likely N-dealkylation sites (tertiary alicyclic amines) is 1. The molecule has 8 heteroatoms. The maximum atomic E-state index is 12.7. The zero-order valence-corrected chi connectivity index (χ0v) is 16.3. The minimum Gasteiger partial charge on any atom is -0.465 e. The lowest BCUT2D eigenvalue weighted by molar-refractivity contribution is -0.137. The summed E-state index contributed by atoms with van der Waals surface area (Å²) in [5.41, 5.74) is 1.42. The lowest BCUT2D eigenvalue weighted by Crippen LogP contribution is -2.50. The number of nitrogens with zero attached hydrogens (tertiary/aromatic N) is 1. The van der Waals surface area contributed by atoms with Crippen LogP contribution in [0.3, 0.4) is 0 Å². The molecule has 0 unspecified atom stereocenters. The summed E-state index contributed by atoms with van der Waals surface area (Å²) in [6, 6.07) is 11.0. The Bertz CT molecular complexity index is 874. The topological polar surface area (TPSA) is 69.6 Å². The minimum atomic E-state index is -4.38. The summed E-state index contributed by atoms with van der Waals surface area (Å²) in [5, 5.41) is 11.4. The van der Waals surface area contributed by atoms with Gasteiger partial charge in [0.25, 0.3) is 0 Å². The Hall–Kier alpha value is -3.03. The van der Waals surface area contributed by atoms with E-state index in [-0.39, 0.29) is 12.3 Å². The monoisotopic (exact) mass is 420 g/mol. The van der Waals surface area contributed by atoms with E-state index in [2.05, 4.69) is 5.32 Å². The molecule has 2 aromatic rings. The van der Waals surface area contributed by atoms with Gasteiger partial charge in [-0.25, -0.2) is 4.79 Å². The molecule has 1 aliphatic rings. The zero-order chi connectivity index (χ0) is 21.7. The van der Waals surface area contributed by atoms with Crippen LogP contribution in [0.1, 0.15) is 30.4 Å². The van der Waals surface area contributed by atoms with E-state index in [0.717, 1.165) is 42.5 Å². The van der Waals surface area contributed by atoms with Crippen LogP contribution in [0.5, 0.6) is 0 Å². The number of carbonyl (C=O) groups is 2. The Balaban J connectivity index is 1.71. The molecule has 2 amide bonds. The number of rotatable bonds is 5. The van der Waals surface area contributed by atoms with Gasteiger partial charge in [-0.05, 0) is 48.1 Å². The summed E-state index contributed by atoms with van der Waals surface area (Å²) in [5.74, 6) is -0.232. The van der Waals surface area contributed by atoms with Gasteiger partial charge < -0.3 is 15.3 Å². The van der Waals surface area contributed by atoms with Crippen LogP contribution in [0.2, 0.25) is 0 Å². The SMILES string of the molecule is O=C(O)N[C@H](Cc1ccc(-c2ccc(C(F)(F)F)cc2)cc1)C(=O)N1CCCCC1. The third kappa shape index (κ3) is 5.52. The Morgan fingerprint density at radius 3 is 1.97 bits per heavy atom. The first kappa shape index (κ1) is 21.7. The Morgan fingerprint density at radius 2 is 1.47 bits per heavy atom. The zero-order valence-electron chi connectivity index (χ0n) is 16.3. The van der Waals surface area contributed by atoms with Gasteiger partial charge >= 0.3 is 12.3 Å². The van der Waals surface area contributed by atoms with Crippen molar-refractivity contribution < 1.29 is 27.9 Å². The van der Waals surface area contributed by atoms with E-state index in [4.69, 9.17) is 5.11 Å². The largest absolute Gasteiger partial charge is 0.465 e. The molecule has 3 rings (SSSR count). The second kappa shape index (κ2) is 9.19. The van der Waals surface area contributed by atoms with Crippen LogP contribution in [0.25, 0.3) is 11.1 Å². The van der Waals surface area contributed by atoms with E-state index in [9.17, 15) is 22.8 Å². The molecule has 0 spiro atoms. The summed E-state index contributed by atoms with van der Waals surface area (Å²) in [7, 11) is 0. The smallest absolute Gasteiger partial charge is 0.416 e. The average Bonchev–Trinajstić information content (AvgIpc) is 2.73. The summed E-state index contributed by atoms with van der Waals surface area (Å²) < 4.78 is 38.1. The lowest BCUT2D eigenvalue weighted by atomic mass is 9.99. The highest BCUT2D eigenvalue weighted by Crippen LogP contribution is 2.31. The summed E-state index contributed by atoms with van der Waals surface area (Å²) >= 11 is 0. The van der Waals surface area contributed by atoms with Crippen LogP contribution in [0.15, 0.2) is 48.5 Å². The number of hydrogen-bond acceptors (Lipinski definition) is 2. The molecule has 30 heavy (non-hydrogen) atoms. The van der Waals surface area contributed by atoms with Gasteiger partial charge in [0, 0.05) is 19.5 Å². The molecule has 1 atom stereocenters. The van der Waals surface area contributed by atoms with E-state index >= 15 is 0 Å². The fourth-order valence-corrected chi connectivity index (χ4v) is 3.60. The second-order valence-corrected chi connectivity index (χ2v) is 7.36. The predicted molar refractivity (Wildman–Crippen MR) is 106 cm³/mol. The number of piperidine rings is 1. The number of benzene rings is 2. The van der Waals surface area contributed by atoms with E-state index in [1.165, 1.54) is 12.1 Å². The van der Waals surface area contributed by atoms with Crippen molar-refractivity contribution in [3.63, 3.8) is 0 Å². The molecule has 5 nitrogen and oxygen atoms in total. The molecule has 0 bridgehead atoms. The highest BCUT2D eigenvalue weighted by molar-refractivity contribution is 5.85. The van der Waals surface area contributed by atoms with Crippen molar-refractivity contribution in [2.75, 3.05) is 13.1 Å². The van der Waals surface area contributed by atoms with Crippen LogP contribution in [-0.2, 0) is 17.4 Å². The number of alkyl halides is 3. The molecule has 1 aliphatic heterocycles. The van der Waals surface area contributed by atoms with Crippen molar-refractivity contribution in [3.05, 3.63) is 59.7 Å². The Labute approximate surface area is 172 Å². The van der Waals surface area contributed by atoms with E-state index in [1.807, 2.05) is 0 Å². The molecule has 2 aromatic carbocycles. The first-order valence-electron chi connectivity index (χ1n) is 9.79. The van der Waals surface area contributed by atoms with E-state index in [0.29, 0.717) is 18.7 Å². The first-order valence-corrected chi connectivity index (χ1v) is 9.79. The quantitative estimate of drug-likeness (QED) is 0.745. The molecule has 0 radical (unpaired) electrons. The number of nitrogens with one attached hydrogen (secondary N) is 1. The Kier molecular flexibility index (Phi) is 6.64. The standard InChI is InChI=1S/C22H23F3N2O3/c23-22(24,25)18-10-8-17(9-11-18)16-6-4-15(5-7-16)14-19(26-21(29)30)20(28)27-12-2-1-3-13-27/h4-11,19,26H,1-3,12-14H2,(H,29,30)/t19-/m1/s1. The van der Waals surface area contributed by atoms with Gasteiger partial charge in [0.1, 0.15) is 6.04 Å². The number of carboxylic acid groups (broad SMARTS) is 1. The third-order valence-electron chi connectivity index (χ3n) is 5.20. The molecule has 0 saturated carbocycles. The van der Waals surface area contributed by atoms with Crippen LogP contribution in [-0.4, -0.2) is 41.1 Å². The molecular weight excluding hydrogens is 397 g/mol. The van der Waals surface area contributed by atoms with Gasteiger partial charge in [0.05, 0.1) is 5.56 Å². The molecule has 1 saturated heterocycles. The number of hydrogen-bond donors (Lipinski definition) is 2. The predicted octanol–water partition coefficient (Wildman–Crippen LogP) is 4.56. The van der Waals surface area contributed by atoms with Crippen molar-refractivity contribution in [2.24, 2.45) is 0 Å². The van der Waals surface area contributed by atoms with Gasteiger partial charge in [-0.3, -0.25) is 4.79 Å². The van der Waals surface area contributed by atoms with Crippen molar-refractivity contribution in [2.45, 2.75) is 37.9 Å². The minimum absolute atomic E-state index is 0.203. The van der Waals surface area contributed by atoms with Gasteiger partial charge in [-0.1, -0.05) is 36.4 Å². The molecule has 2 N–H and O–H groups in total. The van der Waals surface area contributed by atoms with Crippen LogP contribution in [0, 0.1) is 0 Å². The van der Waals surface area contributed by atoms with Crippen molar-refractivity contribution >= 4 is 12.0 Å². The normalized spacial score (nSPS) is 15.5. The number of halogens is 3. The molecular formula is C22H23F3N2O3. The van der Waals surface area contributed by atoms with Crippen LogP contribution < -0.4 is 5.32 Å². The maximum absolute atomic E-state index is 12.7. The van der Waals surface area contributed by atoms with Crippen LogP contribution in [0.4, 0.5) is 18.0 Å². The fraction of sp³-hybridized carbons (Fsp3) is 0.364. The third-order valence-corrected chi connectivity index (χ3v) is 5.20. The summed E-state index contributed by atoms with van der Waals surface area (Å²) in [6.45, 7) is 1.26. The lowest BCUT2D eigenvalue weighted by Gasteiger charge is -2.30.